The maximum absolute atomic E-state index is 12.8. The van der Waals surface area contributed by atoms with Crippen LogP contribution in [-0.4, -0.2) is 23.5 Å². The van der Waals surface area contributed by atoms with E-state index in [1.165, 1.54) is 36.4 Å². The molecule has 8 heteroatoms. The summed E-state index contributed by atoms with van der Waals surface area (Å²) >= 11 is 0. The van der Waals surface area contributed by atoms with Crippen LogP contribution < -0.4 is 10.5 Å². The molecule has 0 aliphatic carbocycles. The van der Waals surface area contributed by atoms with Crippen LogP contribution in [0.2, 0.25) is 0 Å². The highest BCUT2D eigenvalue weighted by atomic mass is 32.2. The zero-order valence-electron chi connectivity index (χ0n) is 14.6. The minimum absolute atomic E-state index is 0.0633. The van der Waals surface area contributed by atoms with E-state index in [1.54, 1.807) is 30.3 Å². The molecule has 0 saturated heterocycles. The molecule has 0 unspecified atom stereocenters. The molecule has 1 aromatic heterocycles. The second-order valence-electron chi connectivity index (χ2n) is 6.13. The van der Waals surface area contributed by atoms with Crippen LogP contribution in [0.5, 0.6) is 5.75 Å². The molecule has 0 radical (unpaired) electrons. The molecule has 0 atom stereocenters. The van der Waals surface area contributed by atoms with Gasteiger partial charge in [0.25, 0.3) is 10.0 Å². The van der Waals surface area contributed by atoms with Crippen LogP contribution in [0.4, 0.5) is 11.5 Å². The maximum Gasteiger partial charge on any atom is 0.263 e. The fourth-order valence-corrected chi connectivity index (χ4v) is 3.73. The van der Waals surface area contributed by atoms with Crippen LogP contribution in [0, 0.1) is 0 Å². The first kappa shape index (κ1) is 17.7. The first-order chi connectivity index (χ1) is 13.4. The van der Waals surface area contributed by atoms with Crippen molar-refractivity contribution in [3.63, 3.8) is 0 Å². The first-order valence-electron chi connectivity index (χ1n) is 8.37. The Labute approximate surface area is 161 Å². The molecule has 3 aromatic carbocycles. The van der Waals surface area contributed by atoms with Crippen LogP contribution in [0.3, 0.4) is 0 Å². The summed E-state index contributed by atoms with van der Waals surface area (Å²) in [4.78, 5) is 9.10. The van der Waals surface area contributed by atoms with Crippen molar-refractivity contribution in [3.05, 3.63) is 72.8 Å². The molecule has 140 valence electrons. The Morgan fingerprint density at radius 2 is 1.43 bits per heavy atom. The summed E-state index contributed by atoms with van der Waals surface area (Å²) in [5, 5.41) is 9.54. The predicted molar refractivity (Wildman–Crippen MR) is 108 cm³/mol. The van der Waals surface area contributed by atoms with Gasteiger partial charge in [-0.25, -0.2) is 18.4 Å². The number of phenolic OH excluding ortho intramolecular Hbond substituents is 1. The lowest BCUT2D eigenvalue weighted by Gasteiger charge is -2.13. The van der Waals surface area contributed by atoms with Gasteiger partial charge in [-0.1, -0.05) is 12.1 Å². The number of sulfonamides is 1. The summed E-state index contributed by atoms with van der Waals surface area (Å²) in [7, 11) is -3.89. The highest BCUT2D eigenvalue weighted by molar-refractivity contribution is 7.92. The van der Waals surface area contributed by atoms with Crippen molar-refractivity contribution in [2.24, 2.45) is 0 Å². The molecular formula is C20H16N4O3S. The van der Waals surface area contributed by atoms with Crippen molar-refractivity contribution in [1.82, 2.24) is 9.97 Å². The second kappa shape index (κ2) is 6.82. The van der Waals surface area contributed by atoms with Crippen molar-refractivity contribution >= 4 is 32.6 Å². The van der Waals surface area contributed by atoms with Gasteiger partial charge in [-0.3, -0.25) is 4.72 Å². The van der Waals surface area contributed by atoms with Crippen molar-refractivity contribution in [2.45, 2.75) is 4.90 Å². The maximum atomic E-state index is 12.8. The third-order valence-electron chi connectivity index (χ3n) is 4.13. The smallest absolute Gasteiger partial charge is 0.263 e. The number of anilines is 2. The molecular weight excluding hydrogens is 376 g/mol. The largest absolute Gasteiger partial charge is 0.508 e. The van der Waals surface area contributed by atoms with Crippen LogP contribution in [0.15, 0.2) is 77.7 Å². The number of aromatic hydroxyl groups is 1. The monoisotopic (exact) mass is 392 g/mol. The Balaban J connectivity index is 1.85. The second-order valence-corrected chi connectivity index (χ2v) is 7.81. The van der Waals surface area contributed by atoms with Crippen LogP contribution >= 0.6 is 0 Å². The van der Waals surface area contributed by atoms with Gasteiger partial charge in [0.2, 0.25) is 0 Å². The third kappa shape index (κ3) is 3.45. The number of hydrogen-bond acceptors (Lipinski definition) is 6. The molecule has 0 spiro atoms. The number of nitrogens with zero attached hydrogens (tertiary/aromatic N) is 2. The average Bonchev–Trinajstić information content (AvgIpc) is 2.68. The molecule has 0 amide bonds. The van der Waals surface area contributed by atoms with Gasteiger partial charge in [0, 0.05) is 11.3 Å². The van der Waals surface area contributed by atoms with E-state index in [0.717, 1.165) is 0 Å². The molecule has 4 N–H and O–H groups in total. The molecule has 0 aliphatic rings. The van der Waals surface area contributed by atoms with Gasteiger partial charge in [-0.05, 0) is 60.7 Å². The Hall–Kier alpha value is -3.65. The van der Waals surface area contributed by atoms with Gasteiger partial charge < -0.3 is 10.8 Å². The molecule has 4 rings (SSSR count). The van der Waals surface area contributed by atoms with Gasteiger partial charge in [-0.15, -0.1) is 0 Å². The quantitative estimate of drug-likeness (QED) is 0.458. The van der Waals surface area contributed by atoms with Gasteiger partial charge >= 0.3 is 0 Å². The third-order valence-corrected chi connectivity index (χ3v) is 5.49. The van der Waals surface area contributed by atoms with Crippen molar-refractivity contribution in [1.29, 1.82) is 0 Å². The number of rotatable bonds is 4. The Morgan fingerprint density at radius 1 is 0.821 bits per heavy atom. The van der Waals surface area contributed by atoms with E-state index in [9.17, 15) is 13.5 Å². The van der Waals surface area contributed by atoms with Crippen LogP contribution in [0.25, 0.3) is 22.3 Å². The minimum atomic E-state index is -3.89. The fourth-order valence-electron chi connectivity index (χ4n) is 2.72. The van der Waals surface area contributed by atoms with Crippen molar-refractivity contribution < 1.29 is 13.5 Å². The van der Waals surface area contributed by atoms with Crippen LogP contribution in [-0.2, 0) is 10.0 Å². The molecule has 4 aromatic rings. The standard InChI is InChI=1S/C20H16N4O3S/c21-14-7-11-16(12-8-14)28(26,27)24-20-19(13-5-9-15(25)10-6-13)22-17-3-1-2-4-18(17)23-20/h1-12,25H,21H2,(H,23,24). The lowest BCUT2D eigenvalue weighted by atomic mass is 10.1. The number of phenols is 1. The van der Waals surface area contributed by atoms with Crippen LogP contribution in [0.1, 0.15) is 0 Å². The fraction of sp³-hybridized carbons (Fsp3) is 0. The molecule has 1 heterocycles. The number of para-hydroxylation sites is 2. The Morgan fingerprint density at radius 3 is 2.07 bits per heavy atom. The summed E-state index contributed by atoms with van der Waals surface area (Å²) in [6, 6.07) is 19.4. The molecule has 7 nitrogen and oxygen atoms in total. The van der Waals surface area contributed by atoms with E-state index >= 15 is 0 Å². The van der Waals surface area contributed by atoms with Gasteiger partial charge in [0.1, 0.15) is 11.4 Å². The van der Waals surface area contributed by atoms with Gasteiger partial charge in [0.05, 0.1) is 15.9 Å². The van der Waals surface area contributed by atoms with E-state index in [1.807, 2.05) is 6.07 Å². The molecule has 0 saturated carbocycles. The van der Waals surface area contributed by atoms with Gasteiger partial charge in [-0.2, -0.15) is 0 Å². The summed E-state index contributed by atoms with van der Waals surface area (Å²) in [5.74, 6) is 0.197. The molecule has 0 bridgehead atoms. The first-order valence-corrected chi connectivity index (χ1v) is 9.85. The normalized spacial score (nSPS) is 11.4. The summed E-state index contributed by atoms with van der Waals surface area (Å²) in [6.45, 7) is 0. The van der Waals surface area contributed by atoms with E-state index in [-0.39, 0.29) is 16.5 Å². The lowest BCUT2D eigenvalue weighted by molar-refractivity contribution is 0.475. The average molecular weight is 392 g/mol. The number of nitrogen functional groups attached to an aromatic ring is 1. The summed E-state index contributed by atoms with van der Waals surface area (Å²) in [6.07, 6.45) is 0. The lowest BCUT2D eigenvalue weighted by Crippen LogP contribution is -2.15. The Kier molecular flexibility index (Phi) is 4.32. The predicted octanol–water partition coefficient (Wildman–Crippen LogP) is 3.39. The molecule has 0 aliphatic heterocycles. The Bertz CT molecular complexity index is 1260. The highest BCUT2D eigenvalue weighted by Crippen LogP contribution is 2.30. The number of hydrogen-bond donors (Lipinski definition) is 3. The van der Waals surface area contributed by atoms with Gasteiger partial charge in [0.15, 0.2) is 5.82 Å². The van der Waals surface area contributed by atoms with Crippen molar-refractivity contribution in [2.75, 3.05) is 10.5 Å². The zero-order valence-corrected chi connectivity index (χ0v) is 15.4. The number of fused-ring (bicyclic) bond motifs is 1. The van der Waals surface area contributed by atoms with E-state index in [0.29, 0.717) is 28.0 Å². The number of aromatic nitrogens is 2. The minimum Gasteiger partial charge on any atom is -0.508 e. The van der Waals surface area contributed by atoms with E-state index < -0.39 is 10.0 Å². The zero-order chi connectivity index (χ0) is 19.7. The van der Waals surface area contributed by atoms with E-state index in [4.69, 9.17) is 5.73 Å². The topological polar surface area (TPSA) is 118 Å². The highest BCUT2D eigenvalue weighted by Gasteiger charge is 2.19. The summed E-state index contributed by atoms with van der Waals surface area (Å²) in [5.41, 5.74) is 8.26. The SMILES string of the molecule is Nc1ccc(S(=O)(=O)Nc2nc3ccccc3nc2-c2ccc(O)cc2)cc1. The molecule has 28 heavy (non-hydrogen) atoms. The molecule has 0 fully saturated rings. The van der Waals surface area contributed by atoms with Crippen molar-refractivity contribution in [3.8, 4) is 17.0 Å². The number of nitrogens with two attached hydrogens (primary N) is 1. The van der Waals surface area contributed by atoms with E-state index in [2.05, 4.69) is 14.7 Å². The number of nitrogens with one attached hydrogen (secondary N) is 1. The summed E-state index contributed by atoms with van der Waals surface area (Å²) < 4.78 is 28.2. The number of benzene rings is 3.